The molecule has 6 nitrogen and oxygen atoms in total. The summed E-state index contributed by atoms with van der Waals surface area (Å²) in [5.41, 5.74) is 2.66. The van der Waals surface area contributed by atoms with Crippen molar-refractivity contribution in [3.63, 3.8) is 0 Å². The van der Waals surface area contributed by atoms with Gasteiger partial charge in [-0.05, 0) is 56.6 Å². The zero-order valence-corrected chi connectivity index (χ0v) is 16.8. The molecule has 29 heavy (non-hydrogen) atoms. The van der Waals surface area contributed by atoms with Crippen molar-refractivity contribution in [2.24, 2.45) is 0 Å². The number of ether oxygens (including phenoxy) is 1. The van der Waals surface area contributed by atoms with E-state index in [1.54, 1.807) is 12.3 Å². The summed E-state index contributed by atoms with van der Waals surface area (Å²) in [6.07, 6.45) is 2.88. The van der Waals surface area contributed by atoms with Crippen LogP contribution in [0.2, 0.25) is 0 Å². The first-order valence-corrected chi connectivity index (χ1v) is 10.1. The van der Waals surface area contributed by atoms with Crippen LogP contribution in [0, 0.1) is 0 Å². The third-order valence-electron chi connectivity index (χ3n) is 5.06. The SMILES string of the molecule is CC(C)Oc1ccc(CN2CC[C@H](c3cc(=O)[nH]c(-c4ccccn4)n3)C2)cc1. The molecule has 3 aromatic rings. The third-order valence-corrected chi connectivity index (χ3v) is 5.06. The second-order valence-corrected chi connectivity index (χ2v) is 7.77. The Kier molecular flexibility index (Phi) is 5.71. The molecule has 1 saturated heterocycles. The number of aromatic amines is 1. The molecule has 1 aliphatic rings. The van der Waals surface area contributed by atoms with Crippen LogP contribution in [0.5, 0.6) is 5.75 Å². The lowest BCUT2D eigenvalue weighted by molar-refractivity contribution is 0.242. The van der Waals surface area contributed by atoms with Gasteiger partial charge in [-0.1, -0.05) is 18.2 Å². The fourth-order valence-corrected chi connectivity index (χ4v) is 3.73. The number of likely N-dealkylation sites (tertiary alicyclic amines) is 1. The fraction of sp³-hybridized carbons (Fsp3) is 0.348. The van der Waals surface area contributed by atoms with Gasteiger partial charge in [-0.2, -0.15) is 0 Å². The number of aromatic nitrogens is 3. The van der Waals surface area contributed by atoms with Crippen LogP contribution < -0.4 is 10.3 Å². The summed E-state index contributed by atoms with van der Waals surface area (Å²) in [4.78, 5) is 26.4. The highest BCUT2D eigenvalue weighted by atomic mass is 16.5. The molecule has 0 saturated carbocycles. The normalized spacial score (nSPS) is 17.0. The van der Waals surface area contributed by atoms with Gasteiger partial charge >= 0.3 is 0 Å². The van der Waals surface area contributed by atoms with Crippen LogP contribution in [0.4, 0.5) is 0 Å². The molecule has 1 aliphatic heterocycles. The van der Waals surface area contributed by atoms with Crippen molar-refractivity contribution in [1.29, 1.82) is 0 Å². The van der Waals surface area contributed by atoms with Crippen LogP contribution in [-0.2, 0) is 6.54 Å². The van der Waals surface area contributed by atoms with E-state index >= 15 is 0 Å². The summed E-state index contributed by atoms with van der Waals surface area (Å²) in [5.74, 6) is 1.69. The Labute approximate surface area is 170 Å². The zero-order chi connectivity index (χ0) is 20.2. The first kappa shape index (κ1) is 19.3. The van der Waals surface area contributed by atoms with Gasteiger partial charge in [0.1, 0.15) is 11.4 Å². The molecule has 0 unspecified atom stereocenters. The van der Waals surface area contributed by atoms with E-state index in [-0.39, 0.29) is 17.6 Å². The molecular weight excluding hydrogens is 364 g/mol. The molecule has 1 atom stereocenters. The van der Waals surface area contributed by atoms with Gasteiger partial charge in [0.15, 0.2) is 5.82 Å². The van der Waals surface area contributed by atoms with Crippen LogP contribution in [0.15, 0.2) is 59.5 Å². The Morgan fingerprint density at radius 2 is 2.03 bits per heavy atom. The van der Waals surface area contributed by atoms with E-state index in [1.165, 1.54) is 5.56 Å². The van der Waals surface area contributed by atoms with E-state index in [9.17, 15) is 4.79 Å². The predicted octanol–water partition coefficient (Wildman–Crippen LogP) is 3.61. The Hall–Kier alpha value is -2.99. The fourth-order valence-electron chi connectivity index (χ4n) is 3.73. The van der Waals surface area contributed by atoms with Gasteiger partial charge in [0.25, 0.3) is 5.56 Å². The van der Waals surface area contributed by atoms with E-state index < -0.39 is 0 Å². The van der Waals surface area contributed by atoms with Gasteiger partial charge in [0.2, 0.25) is 0 Å². The molecule has 1 N–H and O–H groups in total. The van der Waals surface area contributed by atoms with Gasteiger partial charge in [0.05, 0.1) is 11.8 Å². The van der Waals surface area contributed by atoms with Gasteiger partial charge in [-0.25, -0.2) is 4.98 Å². The molecule has 0 radical (unpaired) electrons. The minimum Gasteiger partial charge on any atom is -0.491 e. The predicted molar refractivity (Wildman–Crippen MR) is 113 cm³/mol. The minimum absolute atomic E-state index is 0.130. The van der Waals surface area contributed by atoms with Gasteiger partial charge < -0.3 is 9.72 Å². The maximum Gasteiger partial charge on any atom is 0.251 e. The van der Waals surface area contributed by atoms with Crippen molar-refractivity contribution >= 4 is 0 Å². The van der Waals surface area contributed by atoms with Crippen molar-refractivity contribution in [1.82, 2.24) is 19.9 Å². The molecule has 0 spiro atoms. The lowest BCUT2D eigenvalue weighted by Gasteiger charge is -2.17. The number of pyridine rings is 1. The van der Waals surface area contributed by atoms with E-state index in [2.05, 4.69) is 27.0 Å². The Balaban J connectivity index is 1.43. The smallest absolute Gasteiger partial charge is 0.251 e. The molecule has 0 aliphatic carbocycles. The van der Waals surface area contributed by atoms with Gasteiger partial charge in [-0.15, -0.1) is 0 Å². The van der Waals surface area contributed by atoms with Gasteiger partial charge in [-0.3, -0.25) is 14.7 Å². The Bertz CT molecular complexity index is 999. The largest absolute Gasteiger partial charge is 0.491 e. The quantitative estimate of drug-likeness (QED) is 0.696. The number of H-pyrrole nitrogens is 1. The highest BCUT2D eigenvalue weighted by molar-refractivity contribution is 5.48. The van der Waals surface area contributed by atoms with Crippen LogP contribution >= 0.6 is 0 Å². The summed E-state index contributed by atoms with van der Waals surface area (Å²) in [7, 11) is 0. The van der Waals surface area contributed by atoms with E-state index in [0.29, 0.717) is 11.5 Å². The van der Waals surface area contributed by atoms with Gasteiger partial charge in [0, 0.05) is 31.3 Å². The second kappa shape index (κ2) is 8.57. The molecule has 6 heteroatoms. The van der Waals surface area contributed by atoms with Crippen LogP contribution in [0.25, 0.3) is 11.5 Å². The third kappa shape index (κ3) is 4.90. The monoisotopic (exact) mass is 390 g/mol. The molecule has 2 aromatic heterocycles. The standard InChI is InChI=1S/C23H26N4O2/c1-16(2)29-19-8-6-17(7-9-19)14-27-12-10-18(15-27)21-13-22(28)26-23(25-21)20-5-3-4-11-24-20/h3-9,11,13,16,18H,10,12,14-15H2,1-2H3,(H,25,26,28)/t18-/m0/s1. The van der Waals surface area contributed by atoms with Crippen LogP contribution in [-0.4, -0.2) is 39.0 Å². The number of hydrogen-bond donors (Lipinski definition) is 1. The minimum atomic E-state index is -0.130. The number of benzene rings is 1. The first-order valence-electron chi connectivity index (χ1n) is 10.1. The summed E-state index contributed by atoms with van der Waals surface area (Å²) >= 11 is 0. The molecule has 3 heterocycles. The van der Waals surface area contributed by atoms with Crippen molar-refractivity contribution in [3.8, 4) is 17.3 Å². The van der Waals surface area contributed by atoms with Crippen molar-refractivity contribution < 1.29 is 4.74 Å². The summed E-state index contributed by atoms with van der Waals surface area (Å²) < 4.78 is 5.71. The maximum atomic E-state index is 12.2. The molecule has 0 amide bonds. The van der Waals surface area contributed by atoms with E-state index in [4.69, 9.17) is 9.72 Å². The first-order chi connectivity index (χ1) is 14.1. The highest BCUT2D eigenvalue weighted by Crippen LogP contribution is 2.27. The summed E-state index contributed by atoms with van der Waals surface area (Å²) in [6.45, 7) is 6.82. The average Bonchev–Trinajstić information content (AvgIpc) is 3.18. The van der Waals surface area contributed by atoms with Crippen molar-refractivity contribution in [2.75, 3.05) is 13.1 Å². The molecule has 150 valence electrons. The number of rotatable bonds is 6. The maximum absolute atomic E-state index is 12.2. The van der Waals surface area contributed by atoms with Crippen LogP contribution in [0.3, 0.4) is 0 Å². The Morgan fingerprint density at radius 1 is 1.21 bits per heavy atom. The summed E-state index contributed by atoms with van der Waals surface area (Å²) in [5, 5.41) is 0. The molecule has 1 fully saturated rings. The topological polar surface area (TPSA) is 71.1 Å². The zero-order valence-electron chi connectivity index (χ0n) is 16.8. The van der Waals surface area contributed by atoms with Crippen molar-refractivity contribution in [2.45, 2.75) is 38.8 Å². The number of nitrogens with one attached hydrogen (secondary N) is 1. The van der Waals surface area contributed by atoms with E-state index in [0.717, 1.165) is 37.5 Å². The second-order valence-electron chi connectivity index (χ2n) is 7.77. The van der Waals surface area contributed by atoms with E-state index in [1.807, 2.05) is 44.2 Å². The van der Waals surface area contributed by atoms with Crippen molar-refractivity contribution in [3.05, 3.63) is 76.3 Å². The number of hydrogen-bond acceptors (Lipinski definition) is 5. The highest BCUT2D eigenvalue weighted by Gasteiger charge is 2.25. The number of nitrogens with zero attached hydrogens (tertiary/aromatic N) is 3. The molecular formula is C23H26N4O2. The summed E-state index contributed by atoms with van der Waals surface area (Å²) in [6, 6.07) is 15.5. The molecule has 4 rings (SSSR count). The van der Waals surface area contributed by atoms with Crippen LogP contribution in [0.1, 0.15) is 37.4 Å². The average molecular weight is 390 g/mol. The molecule has 1 aromatic carbocycles. The lowest BCUT2D eigenvalue weighted by Crippen LogP contribution is -2.20. The Morgan fingerprint density at radius 3 is 2.76 bits per heavy atom. The lowest BCUT2D eigenvalue weighted by atomic mass is 10.0. The molecule has 0 bridgehead atoms.